The Hall–Kier alpha value is -1.25. The lowest BCUT2D eigenvalue weighted by molar-refractivity contribution is -0.387. The standard InChI is InChI=1S/C10H9ClN2O2S/c1-7(5-11)16-10-3-2-8(6-12)4-9(10)13(14)15/h2-4,7H,5H2,1H3. The van der Waals surface area contributed by atoms with Crippen LogP contribution >= 0.6 is 23.4 Å². The van der Waals surface area contributed by atoms with Gasteiger partial charge in [0.05, 0.1) is 21.5 Å². The minimum atomic E-state index is -0.482. The summed E-state index contributed by atoms with van der Waals surface area (Å²) in [4.78, 5) is 10.9. The number of hydrogen-bond acceptors (Lipinski definition) is 4. The van der Waals surface area contributed by atoms with Crippen LogP contribution in [0.15, 0.2) is 23.1 Å². The molecule has 0 aliphatic carbocycles. The Bertz CT molecular complexity index is 445. The molecule has 1 aromatic rings. The second kappa shape index (κ2) is 5.73. The van der Waals surface area contributed by atoms with Crippen molar-refractivity contribution >= 4 is 29.1 Å². The molecule has 16 heavy (non-hydrogen) atoms. The molecule has 4 nitrogen and oxygen atoms in total. The minimum Gasteiger partial charge on any atom is -0.258 e. The van der Waals surface area contributed by atoms with Gasteiger partial charge in [0, 0.05) is 17.2 Å². The van der Waals surface area contributed by atoms with Crippen LogP contribution in [0.5, 0.6) is 0 Å². The number of nitriles is 1. The molecule has 1 atom stereocenters. The summed E-state index contributed by atoms with van der Waals surface area (Å²) in [5.74, 6) is 0.418. The van der Waals surface area contributed by atoms with E-state index in [9.17, 15) is 10.1 Å². The van der Waals surface area contributed by atoms with Crippen LogP contribution in [-0.4, -0.2) is 16.1 Å². The molecule has 0 spiro atoms. The van der Waals surface area contributed by atoms with E-state index in [1.54, 1.807) is 12.1 Å². The Labute approximate surface area is 102 Å². The maximum atomic E-state index is 10.8. The Kier molecular flexibility index (Phi) is 4.59. The largest absolute Gasteiger partial charge is 0.284 e. The summed E-state index contributed by atoms with van der Waals surface area (Å²) in [5.41, 5.74) is 0.246. The summed E-state index contributed by atoms with van der Waals surface area (Å²) >= 11 is 6.98. The molecule has 0 amide bonds. The molecule has 6 heteroatoms. The van der Waals surface area contributed by atoms with E-state index in [2.05, 4.69) is 0 Å². The van der Waals surface area contributed by atoms with Gasteiger partial charge in [-0.2, -0.15) is 5.26 Å². The lowest BCUT2D eigenvalue weighted by atomic mass is 10.2. The van der Waals surface area contributed by atoms with Crippen LogP contribution in [0.3, 0.4) is 0 Å². The maximum absolute atomic E-state index is 10.8. The van der Waals surface area contributed by atoms with Gasteiger partial charge < -0.3 is 0 Å². The molecule has 1 rings (SSSR count). The maximum Gasteiger partial charge on any atom is 0.284 e. The van der Waals surface area contributed by atoms with Crippen molar-refractivity contribution in [2.24, 2.45) is 0 Å². The molecule has 0 N–H and O–H groups in total. The van der Waals surface area contributed by atoms with E-state index in [0.29, 0.717) is 10.8 Å². The molecule has 0 heterocycles. The smallest absolute Gasteiger partial charge is 0.258 e. The second-order valence-corrected chi connectivity index (χ2v) is 4.92. The first-order chi connectivity index (χ1) is 7.58. The first kappa shape index (κ1) is 12.8. The molecule has 0 aliphatic heterocycles. The Balaban J connectivity index is 3.09. The summed E-state index contributed by atoms with van der Waals surface area (Å²) in [6.07, 6.45) is 0. The number of halogens is 1. The normalized spacial score (nSPS) is 11.8. The van der Waals surface area contributed by atoms with Gasteiger partial charge in [-0.1, -0.05) is 6.92 Å². The zero-order valence-electron chi connectivity index (χ0n) is 8.51. The molecule has 0 saturated heterocycles. The summed E-state index contributed by atoms with van der Waals surface area (Å²) in [6, 6.07) is 6.31. The number of benzene rings is 1. The van der Waals surface area contributed by atoms with Crippen molar-refractivity contribution in [3.05, 3.63) is 33.9 Å². The highest BCUT2D eigenvalue weighted by Crippen LogP contribution is 2.33. The fourth-order valence-corrected chi connectivity index (χ4v) is 2.16. The predicted octanol–water partition coefficient (Wildman–Crippen LogP) is 3.19. The lowest BCUT2D eigenvalue weighted by Gasteiger charge is -2.07. The highest BCUT2D eigenvalue weighted by atomic mass is 35.5. The van der Waals surface area contributed by atoms with Gasteiger partial charge in [-0.05, 0) is 12.1 Å². The summed E-state index contributed by atoms with van der Waals surface area (Å²) in [5, 5.41) is 19.6. The van der Waals surface area contributed by atoms with Gasteiger partial charge in [0.15, 0.2) is 0 Å². The van der Waals surface area contributed by atoms with Crippen molar-refractivity contribution in [2.75, 3.05) is 5.88 Å². The Morgan fingerprint density at radius 3 is 2.88 bits per heavy atom. The third-order valence-electron chi connectivity index (χ3n) is 1.83. The molecule has 0 fully saturated rings. The number of nitro groups is 1. The van der Waals surface area contributed by atoms with Gasteiger partial charge in [0.2, 0.25) is 0 Å². The molecule has 0 bridgehead atoms. The molecular weight excluding hydrogens is 248 g/mol. The van der Waals surface area contributed by atoms with Gasteiger partial charge in [-0.15, -0.1) is 23.4 Å². The number of nitro benzene ring substituents is 1. The molecular formula is C10H9ClN2O2S. The molecule has 1 unspecified atom stereocenters. The summed E-state index contributed by atoms with van der Waals surface area (Å²) in [7, 11) is 0. The fourth-order valence-electron chi connectivity index (χ4n) is 1.08. The monoisotopic (exact) mass is 256 g/mol. The first-order valence-corrected chi connectivity index (χ1v) is 5.91. The predicted molar refractivity (Wildman–Crippen MR) is 63.9 cm³/mol. The Morgan fingerprint density at radius 1 is 1.69 bits per heavy atom. The average Bonchev–Trinajstić information content (AvgIpc) is 2.29. The van der Waals surface area contributed by atoms with Crippen LogP contribution in [0.1, 0.15) is 12.5 Å². The van der Waals surface area contributed by atoms with Gasteiger partial charge in [0.25, 0.3) is 5.69 Å². The molecule has 0 saturated carbocycles. The molecule has 0 aliphatic rings. The Morgan fingerprint density at radius 2 is 2.38 bits per heavy atom. The van der Waals surface area contributed by atoms with Crippen LogP contribution in [0.25, 0.3) is 0 Å². The SMILES string of the molecule is CC(CCl)Sc1ccc(C#N)cc1[N+](=O)[O-]. The van der Waals surface area contributed by atoms with Crippen LogP contribution in [0.4, 0.5) is 5.69 Å². The van der Waals surface area contributed by atoms with Crippen molar-refractivity contribution < 1.29 is 4.92 Å². The van der Waals surface area contributed by atoms with Gasteiger partial charge in [-0.3, -0.25) is 10.1 Å². The number of alkyl halides is 1. The van der Waals surface area contributed by atoms with Crippen molar-refractivity contribution in [1.29, 1.82) is 5.26 Å². The number of hydrogen-bond donors (Lipinski definition) is 0. The molecule has 1 aromatic carbocycles. The van der Waals surface area contributed by atoms with E-state index in [-0.39, 0.29) is 16.5 Å². The van der Waals surface area contributed by atoms with E-state index in [1.807, 2.05) is 13.0 Å². The fraction of sp³-hybridized carbons (Fsp3) is 0.300. The van der Waals surface area contributed by atoms with Crippen molar-refractivity contribution in [3.63, 3.8) is 0 Å². The highest BCUT2D eigenvalue weighted by molar-refractivity contribution is 8.00. The lowest BCUT2D eigenvalue weighted by Crippen LogP contribution is -1.99. The summed E-state index contributed by atoms with van der Waals surface area (Å²) in [6.45, 7) is 1.89. The number of thioether (sulfide) groups is 1. The number of nitrogens with zero attached hydrogens (tertiary/aromatic N) is 2. The number of rotatable bonds is 4. The van der Waals surface area contributed by atoms with Gasteiger partial charge in [0.1, 0.15) is 0 Å². The quantitative estimate of drug-likeness (QED) is 0.359. The van der Waals surface area contributed by atoms with Crippen LogP contribution < -0.4 is 0 Å². The van der Waals surface area contributed by atoms with E-state index >= 15 is 0 Å². The van der Waals surface area contributed by atoms with E-state index < -0.39 is 4.92 Å². The first-order valence-electron chi connectivity index (χ1n) is 4.49. The van der Waals surface area contributed by atoms with Crippen LogP contribution in [-0.2, 0) is 0 Å². The van der Waals surface area contributed by atoms with Crippen molar-refractivity contribution in [1.82, 2.24) is 0 Å². The van der Waals surface area contributed by atoms with Crippen molar-refractivity contribution in [3.8, 4) is 6.07 Å². The topological polar surface area (TPSA) is 66.9 Å². The van der Waals surface area contributed by atoms with E-state index in [4.69, 9.17) is 16.9 Å². The average molecular weight is 257 g/mol. The minimum absolute atomic E-state index is 0.0407. The van der Waals surface area contributed by atoms with Gasteiger partial charge >= 0.3 is 0 Å². The van der Waals surface area contributed by atoms with E-state index in [1.165, 1.54) is 17.8 Å². The zero-order valence-corrected chi connectivity index (χ0v) is 10.1. The van der Waals surface area contributed by atoms with Crippen molar-refractivity contribution in [2.45, 2.75) is 17.1 Å². The highest BCUT2D eigenvalue weighted by Gasteiger charge is 2.17. The third kappa shape index (κ3) is 3.12. The van der Waals surface area contributed by atoms with Crippen LogP contribution in [0, 0.1) is 21.4 Å². The second-order valence-electron chi connectivity index (χ2n) is 3.13. The molecule has 0 radical (unpaired) electrons. The molecule has 84 valence electrons. The zero-order chi connectivity index (χ0) is 12.1. The van der Waals surface area contributed by atoms with E-state index in [0.717, 1.165) is 0 Å². The van der Waals surface area contributed by atoms with Crippen LogP contribution in [0.2, 0.25) is 0 Å². The molecule has 0 aromatic heterocycles. The third-order valence-corrected chi connectivity index (χ3v) is 3.64. The van der Waals surface area contributed by atoms with Gasteiger partial charge in [-0.25, -0.2) is 0 Å². The summed E-state index contributed by atoms with van der Waals surface area (Å²) < 4.78 is 0.